The van der Waals surface area contributed by atoms with Crippen molar-refractivity contribution in [2.24, 2.45) is 7.05 Å². The minimum absolute atomic E-state index is 0.601. The number of aryl methyl sites for hydroxylation is 2. The zero-order valence-electron chi connectivity index (χ0n) is 10.5. The SMILES string of the molecule is Cc1nn(C)c(Sc2nnc(N(C)C)s2)c1C#N. The summed E-state index contributed by atoms with van der Waals surface area (Å²) in [6.07, 6.45) is 0. The molecule has 0 unspecified atom stereocenters. The predicted molar refractivity (Wildman–Crippen MR) is 71.0 cm³/mol. The van der Waals surface area contributed by atoms with Crippen LogP contribution in [0.25, 0.3) is 0 Å². The third-order valence-electron chi connectivity index (χ3n) is 2.24. The van der Waals surface area contributed by atoms with Crippen molar-refractivity contribution in [3.05, 3.63) is 11.3 Å². The summed E-state index contributed by atoms with van der Waals surface area (Å²) in [5, 5.41) is 23.2. The second-order valence-corrected chi connectivity index (χ2v) is 6.04. The first-order valence-electron chi connectivity index (χ1n) is 5.15. The van der Waals surface area contributed by atoms with Gasteiger partial charge in [-0.1, -0.05) is 11.3 Å². The van der Waals surface area contributed by atoms with E-state index < -0.39 is 0 Å². The Morgan fingerprint density at radius 3 is 2.67 bits per heavy atom. The summed E-state index contributed by atoms with van der Waals surface area (Å²) in [6, 6.07) is 2.18. The largest absolute Gasteiger partial charge is 0.353 e. The van der Waals surface area contributed by atoms with Gasteiger partial charge in [0.2, 0.25) is 5.13 Å². The third-order valence-corrected chi connectivity index (χ3v) is 4.55. The van der Waals surface area contributed by atoms with E-state index in [-0.39, 0.29) is 0 Å². The first-order chi connectivity index (χ1) is 8.52. The molecule has 0 atom stereocenters. The molecule has 0 saturated heterocycles. The van der Waals surface area contributed by atoms with Crippen molar-refractivity contribution in [1.29, 1.82) is 5.26 Å². The Morgan fingerprint density at radius 1 is 1.39 bits per heavy atom. The van der Waals surface area contributed by atoms with Crippen molar-refractivity contribution in [3.8, 4) is 6.07 Å². The van der Waals surface area contributed by atoms with Gasteiger partial charge in [0.25, 0.3) is 0 Å². The lowest BCUT2D eigenvalue weighted by Crippen LogP contribution is -2.07. The van der Waals surface area contributed by atoms with Crippen LogP contribution in [0.1, 0.15) is 11.3 Å². The molecule has 0 aliphatic heterocycles. The van der Waals surface area contributed by atoms with Gasteiger partial charge >= 0.3 is 0 Å². The number of hydrogen-bond acceptors (Lipinski definition) is 7. The Balaban J connectivity index is 2.31. The summed E-state index contributed by atoms with van der Waals surface area (Å²) >= 11 is 2.91. The molecule has 0 aliphatic carbocycles. The number of nitrogens with zero attached hydrogens (tertiary/aromatic N) is 6. The molecular formula is C10H12N6S2. The molecule has 0 radical (unpaired) electrons. The van der Waals surface area contributed by atoms with Crippen LogP contribution in [0.3, 0.4) is 0 Å². The Kier molecular flexibility index (Phi) is 3.54. The maximum Gasteiger partial charge on any atom is 0.208 e. The van der Waals surface area contributed by atoms with Gasteiger partial charge in [-0.05, 0) is 18.7 Å². The van der Waals surface area contributed by atoms with Crippen molar-refractivity contribution in [3.63, 3.8) is 0 Å². The van der Waals surface area contributed by atoms with Crippen molar-refractivity contribution >= 4 is 28.2 Å². The van der Waals surface area contributed by atoms with E-state index in [1.165, 1.54) is 23.1 Å². The molecule has 2 aromatic rings. The Morgan fingerprint density at radius 2 is 2.11 bits per heavy atom. The van der Waals surface area contributed by atoms with Crippen LogP contribution in [0, 0.1) is 18.3 Å². The second kappa shape index (κ2) is 4.96. The topological polar surface area (TPSA) is 70.6 Å². The molecule has 0 spiro atoms. The number of hydrogen-bond donors (Lipinski definition) is 0. The van der Waals surface area contributed by atoms with Crippen LogP contribution >= 0.6 is 23.1 Å². The molecule has 0 N–H and O–H groups in total. The first kappa shape index (κ1) is 12.9. The highest BCUT2D eigenvalue weighted by atomic mass is 32.2. The molecule has 94 valence electrons. The van der Waals surface area contributed by atoms with Gasteiger partial charge < -0.3 is 4.90 Å². The fourth-order valence-electron chi connectivity index (χ4n) is 1.39. The summed E-state index contributed by atoms with van der Waals surface area (Å²) in [4.78, 5) is 1.90. The average Bonchev–Trinajstić information content (AvgIpc) is 2.86. The van der Waals surface area contributed by atoms with Gasteiger partial charge in [-0.25, -0.2) is 0 Å². The molecule has 0 amide bonds. The standard InChI is InChI=1S/C10H12N6S2/c1-6-7(5-11)8(16(4)14-6)17-10-13-12-9(18-10)15(2)3/h1-4H3. The van der Waals surface area contributed by atoms with Gasteiger partial charge in [0.15, 0.2) is 4.34 Å². The third kappa shape index (κ3) is 2.32. The smallest absolute Gasteiger partial charge is 0.208 e. The fourth-order valence-corrected chi connectivity index (χ4v) is 3.23. The summed E-state index contributed by atoms with van der Waals surface area (Å²) < 4.78 is 2.51. The minimum atomic E-state index is 0.601. The number of nitriles is 1. The molecule has 0 aromatic carbocycles. The highest BCUT2D eigenvalue weighted by molar-refractivity contribution is 8.01. The summed E-state index contributed by atoms with van der Waals surface area (Å²) in [7, 11) is 5.66. The second-order valence-electron chi connectivity index (χ2n) is 3.85. The van der Waals surface area contributed by atoms with Crippen LogP contribution < -0.4 is 4.90 Å². The van der Waals surface area contributed by atoms with Crippen molar-refractivity contribution in [2.75, 3.05) is 19.0 Å². The fraction of sp³-hybridized carbons (Fsp3) is 0.400. The van der Waals surface area contributed by atoms with Crippen molar-refractivity contribution < 1.29 is 0 Å². The molecule has 2 heterocycles. The number of rotatable bonds is 3. The zero-order valence-corrected chi connectivity index (χ0v) is 12.1. The Labute approximate surface area is 113 Å². The molecule has 0 saturated carbocycles. The molecule has 2 rings (SSSR count). The molecule has 0 aliphatic rings. The normalized spacial score (nSPS) is 10.4. The lowest BCUT2D eigenvalue weighted by atomic mass is 10.3. The van der Waals surface area contributed by atoms with Gasteiger partial charge in [0, 0.05) is 21.1 Å². The van der Waals surface area contributed by atoms with Crippen molar-refractivity contribution in [1.82, 2.24) is 20.0 Å². The van der Waals surface area contributed by atoms with E-state index >= 15 is 0 Å². The first-order valence-corrected chi connectivity index (χ1v) is 6.78. The highest BCUT2D eigenvalue weighted by Crippen LogP contribution is 2.34. The minimum Gasteiger partial charge on any atom is -0.353 e. The van der Waals surface area contributed by atoms with E-state index in [4.69, 9.17) is 5.26 Å². The van der Waals surface area contributed by atoms with Gasteiger partial charge in [0.1, 0.15) is 16.7 Å². The van der Waals surface area contributed by atoms with E-state index in [2.05, 4.69) is 21.4 Å². The maximum atomic E-state index is 9.13. The van der Waals surface area contributed by atoms with Gasteiger partial charge in [-0.3, -0.25) is 4.68 Å². The summed E-state index contributed by atoms with van der Waals surface area (Å²) in [6.45, 7) is 1.83. The van der Waals surface area contributed by atoms with E-state index in [9.17, 15) is 0 Å². The molecular weight excluding hydrogens is 268 g/mol. The molecule has 0 bridgehead atoms. The van der Waals surface area contributed by atoms with E-state index in [0.29, 0.717) is 5.56 Å². The van der Waals surface area contributed by atoms with Crippen LogP contribution in [0.5, 0.6) is 0 Å². The van der Waals surface area contributed by atoms with Crippen LogP contribution in [-0.2, 0) is 7.05 Å². The van der Waals surface area contributed by atoms with Crippen LogP contribution in [0.2, 0.25) is 0 Å². The lowest BCUT2D eigenvalue weighted by molar-refractivity contribution is 0.691. The van der Waals surface area contributed by atoms with E-state index in [1.807, 2.05) is 33.0 Å². The predicted octanol–water partition coefficient (Wildman–Crippen LogP) is 1.67. The van der Waals surface area contributed by atoms with Crippen molar-refractivity contribution in [2.45, 2.75) is 16.3 Å². The van der Waals surface area contributed by atoms with Crippen LogP contribution in [-0.4, -0.2) is 34.1 Å². The zero-order chi connectivity index (χ0) is 13.3. The van der Waals surface area contributed by atoms with Gasteiger partial charge in [0.05, 0.1) is 5.69 Å². The molecule has 8 heteroatoms. The number of anilines is 1. The van der Waals surface area contributed by atoms with Crippen LogP contribution in [0.15, 0.2) is 9.37 Å². The Hall–Kier alpha value is -1.59. The summed E-state index contributed by atoms with van der Waals surface area (Å²) in [5.41, 5.74) is 1.34. The average molecular weight is 280 g/mol. The summed E-state index contributed by atoms with van der Waals surface area (Å²) in [5.74, 6) is 0. The highest BCUT2D eigenvalue weighted by Gasteiger charge is 2.16. The quantitative estimate of drug-likeness (QED) is 0.851. The lowest BCUT2D eigenvalue weighted by Gasteiger charge is -2.03. The molecule has 6 nitrogen and oxygen atoms in total. The monoisotopic (exact) mass is 280 g/mol. The molecule has 18 heavy (non-hydrogen) atoms. The van der Waals surface area contributed by atoms with E-state index in [0.717, 1.165) is 20.2 Å². The van der Waals surface area contributed by atoms with Crippen LogP contribution in [0.4, 0.5) is 5.13 Å². The Bertz CT molecular complexity index is 606. The van der Waals surface area contributed by atoms with Gasteiger partial charge in [-0.2, -0.15) is 10.4 Å². The molecule has 0 fully saturated rings. The maximum absolute atomic E-state index is 9.13. The van der Waals surface area contributed by atoms with Gasteiger partial charge in [-0.15, -0.1) is 10.2 Å². The number of aromatic nitrogens is 4. The molecule has 2 aromatic heterocycles. The van der Waals surface area contributed by atoms with E-state index in [1.54, 1.807) is 4.68 Å².